The quantitative estimate of drug-likeness (QED) is 0.348. The van der Waals surface area contributed by atoms with Crippen LogP contribution in [-0.4, -0.2) is 23.6 Å². The molecule has 0 aliphatic carbocycles. The van der Waals surface area contributed by atoms with Crippen molar-refractivity contribution in [2.45, 2.75) is 6.42 Å². The number of nitro benzene ring substituents is 1. The normalized spacial score (nSPS) is 9.31. The molecule has 1 aromatic rings. The topological polar surface area (TPSA) is 75.4 Å². The number of phenols is 1. The summed E-state index contributed by atoms with van der Waals surface area (Å²) in [7, 11) is 1.83. The van der Waals surface area contributed by atoms with E-state index in [2.05, 4.69) is 17.2 Å². The third-order valence-corrected chi connectivity index (χ3v) is 1.90. The third kappa shape index (κ3) is 3.26. The number of hydrogen-bond acceptors (Lipinski definition) is 4. The lowest BCUT2D eigenvalue weighted by atomic mass is 10.2. The van der Waals surface area contributed by atoms with Crippen LogP contribution in [0.1, 0.15) is 12.0 Å². The lowest BCUT2D eigenvalue weighted by molar-refractivity contribution is -0.385. The Morgan fingerprint density at radius 2 is 2.31 bits per heavy atom. The Balaban J connectivity index is 2.85. The Morgan fingerprint density at radius 3 is 2.94 bits per heavy atom. The van der Waals surface area contributed by atoms with Crippen molar-refractivity contribution in [1.82, 2.24) is 5.32 Å². The highest BCUT2D eigenvalue weighted by Gasteiger charge is 2.12. The van der Waals surface area contributed by atoms with E-state index < -0.39 is 4.92 Å². The number of rotatable bonds is 3. The maximum atomic E-state index is 10.5. The molecule has 5 heteroatoms. The predicted octanol–water partition coefficient (Wildman–Crippen LogP) is 1.26. The first-order valence-corrected chi connectivity index (χ1v) is 4.76. The molecular weight excluding hydrogens is 208 g/mol. The van der Waals surface area contributed by atoms with E-state index in [1.165, 1.54) is 12.1 Å². The highest BCUT2D eigenvalue weighted by atomic mass is 16.6. The van der Waals surface area contributed by atoms with Gasteiger partial charge < -0.3 is 10.4 Å². The summed E-state index contributed by atoms with van der Waals surface area (Å²) in [6, 6.07) is 4.09. The number of hydrogen-bond donors (Lipinski definition) is 2. The molecule has 2 N–H and O–H groups in total. The molecule has 0 atom stereocenters. The van der Waals surface area contributed by atoms with Gasteiger partial charge in [0.05, 0.1) is 4.92 Å². The second-order valence-corrected chi connectivity index (χ2v) is 3.12. The molecule has 0 heterocycles. The Kier molecular flexibility index (Phi) is 4.30. The fourth-order valence-electron chi connectivity index (χ4n) is 1.10. The van der Waals surface area contributed by atoms with E-state index >= 15 is 0 Å². The molecule has 84 valence electrons. The third-order valence-electron chi connectivity index (χ3n) is 1.90. The van der Waals surface area contributed by atoms with Gasteiger partial charge in [0, 0.05) is 24.6 Å². The molecule has 5 nitrogen and oxygen atoms in total. The van der Waals surface area contributed by atoms with Gasteiger partial charge in [0.2, 0.25) is 0 Å². The van der Waals surface area contributed by atoms with Gasteiger partial charge in [-0.05, 0) is 19.2 Å². The molecule has 0 saturated carbocycles. The van der Waals surface area contributed by atoms with Crippen molar-refractivity contribution in [3.8, 4) is 17.6 Å². The van der Waals surface area contributed by atoms with Crippen molar-refractivity contribution >= 4 is 5.69 Å². The average molecular weight is 220 g/mol. The van der Waals surface area contributed by atoms with Gasteiger partial charge in [-0.25, -0.2) is 0 Å². The smallest absolute Gasteiger partial charge is 0.311 e. The predicted molar refractivity (Wildman–Crippen MR) is 60.2 cm³/mol. The van der Waals surface area contributed by atoms with Gasteiger partial charge in [-0.3, -0.25) is 10.1 Å². The molecule has 0 radical (unpaired) electrons. The minimum absolute atomic E-state index is 0.319. The minimum atomic E-state index is -0.631. The van der Waals surface area contributed by atoms with E-state index in [4.69, 9.17) is 0 Å². The molecule has 0 spiro atoms. The van der Waals surface area contributed by atoms with Crippen LogP contribution < -0.4 is 5.32 Å². The first-order valence-electron chi connectivity index (χ1n) is 4.76. The van der Waals surface area contributed by atoms with Crippen molar-refractivity contribution in [2.75, 3.05) is 13.6 Å². The van der Waals surface area contributed by atoms with Crippen LogP contribution in [0.15, 0.2) is 18.2 Å². The van der Waals surface area contributed by atoms with Crippen molar-refractivity contribution in [2.24, 2.45) is 0 Å². The van der Waals surface area contributed by atoms with Crippen LogP contribution in [0.4, 0.5) is 5.69 Å². The fraction of sp³-hybridized carbons (Fsp3) is 0.273. The van der Waals surface area contributed by atoms with Crippen molar-refractivity contribution in [1.29, 1.82) is 0 Å². The highest BCUT2D eigenvalue weighted by molar-refractivity contribution is 5.51. The second kappa shape index (κ2) is 5.73. The van der Waals surface area contributed by atoms with Crippen molar-refractivity contribution in [3.63, 3.8) is 0 Å². The molecule has 1 aromatic carbocycles. The molecule has 0 unspecified atom stereocenters. The van der Waals surface area contributed by atoms with Gasteiger partial charge in [-0.2, -0.15) is 0 Å². The van der Waals surface area contributed by atoms with Crippen LogP contribution in [0.5, 0.6) is 5.75 Å². The Labute approximate surface area is 93.3 Å². The molecule has 1 rings (SSSR count). The summed E-state index contributed by atoms with van der Waals surface area (Å²) < 4.78 is 0. The lowest BCUT2D eigenvalue weighted by Gasteiger charge is -1.95. The Bertz CT molecular complexity index is 446. The summed E-state index contributed by atoms with van der Waals surface area (Å²) in [6.07, 6.45) is 0.672. The molecule has 16 heavy (non-hydrogen) atoms. The largest absolute Gasteiger partial charge is 0.502 e. The monoisotopic (exact) mass is 220 g/mol. The highest BCUT2D eigenvalue weighted by Crippen LogP contribution is 2.25. The molecule has 0 saturated heterocycles. The summed E-state index contributed by atoms with van der Waals surface area (Å²) in [4.78, 5) is 9.91. The SMILES string of the molecule is CNCCC#Cc1ccc(O)c([N+](=O)[O-])c1. The molecule has 0 aromatic heterocycles. The Morgan fingerprint density at radius 1 is 1.56 bits per heavy atom. The zero-order chi connectivity index (χ0) is 12.0. The van der Waals surface area contributed by atoms with Crippen LogP contribution in [0.3, 0.4) is 0 Å². The number of aromatic hydroxyl groups is 1. The van der Waals surface area contributed by atoms with Crippen molar-refractivity contribution < 1.29 is 10.0 Å². The lowest BCUT2D eigenvalue weighted by Crippen LogP contribution is -2.05. The zero-order valence-electron chi connectivity index (χ0n) is 8.86. The van der Waals surface area contributed by atoms with Crippen LogP contribution >= 0.6 is 0 Å². The van der Waals surface area contributed by atoms with Crippen molar-refractivity contribution in [3.05, 3.63) is 33.9 Å². The molecule has 0 aliphatic rings. The zero-order valence-corrected chi connectivity index (χ0v) is 8.86. The summed E-state index contributed by atoms with van der Waals surface area (Å²) in [6.45, 7) is 0.771. The van der Waals surface area contributed by atoms with Gasteiger partial charge >= 0.3 is 5.69 Å². The van der Waals surface area contributed by atoms with E-state index in [-0.39, 0.29) is 11.4 Å². The van der Waals surface area contributed by atoms with Crippen LogP contribution in [0.25, 0.3) is 0 Å². The van der Waals surface area contributed by atoms with Crippen LogP contribution in [-0.2, 0) is 0 Å². The summed E-state index contributed by atoms with van der Waals surface area (Å²) in [5, 5.41) is 22.7. The first-order chi connectivity index (χ1) is 7.65. The standard InChI is InChI=1S/C11H12N2O3/c1-12-7-3-2-4-9-5-6-11(14)10(8-9)13(15)16/h5-6,8,12,14H,3,7H2,1H3. The Hall–Kier alpha value is -2.06. The molecule has 0 fully saturated rings. The van der Waals surface area contributed by atoms with E-state index in [1.807, 2.05) is 7.05 Å². The van der Waals surface area contributed by atoms with E-state index in [9.17, 15) is 15.2 Å². The van der Waals surface area contributed by atoms with Gasteiger partial charge in [0.15, 0.2) is 5.75 Å². The second-order valence-electron chi connectivity index (χ2n) is 3.12. The summed E-state index contributed by atoms with van der Waals surface area (Å²) >= 11 is 0. The molecule has 0 bridgehead atoms. The van der Waals surface area contributed by atoms with Gasteiger partial charge in [0.25, 0.3) is 0 Å². The van der Waals surface area contributed by atoms with Crippen LogP contribution in [0, 0.1) is 22.0 Å². The first kappa shape index (κ1) is 12.0. The maximum Gasteiger partial charge on any atom is 0.311 e. The van der Waals surface area contributed by atoms with E-state index in [1.54, 1.807) is 6.07 Å². The van der Waals surface area contributed by atoms with E-state index in [0.29, 0.717) is 12.0 Å². The maximum absolute atomic E-state index is 10.5. The number of nitro groups is 1. The van der Waals surface area contributed by atoms with E-state index in [0.717, 1.165) is 6.54 Å². The average Bonchev–Trinajstić information content (AvgIpc) is 2.26. The fourth-order valence-corrected chi connectivity index (χ4v) is 1.10. The summed E-state index contributed by atoms with van der Waals surface area (Å²) in [5.74, 6) is 5.33. The van der Waals surface area contributed by atoms with Crippen LogP contribution in [0.2, 0.25) is 0 Å². The van der Waals surface area contributed by atoms with Gasteiger partial charge in [-0.15, -0.1) is 0 Å². The molecule has 0 aliphatic heterocycles. The molecule has 0 amide bonds. The minimum Gasteiger partial charge on any atom is -0.502 e. The number of nitrogens with zero attached hydrogens (tertiary/aromatic N) is 1. The number of benzene rings is 1. The van der Waals surface area contributed by atoms with Gasteiger partial charge in [0.1, 0.15) is 0 Å². The number of phenolic OH excluding ortho intramolecular Hbond substituents is 1. The molecular formula is C11H12N2O3. The summed E-state index contributed by atoms with van der Waals surface area (Å²) in [5.41, 5.74) is 0.209. The number of nitrogens with one attached hydrogen (secondary N) is 1. The van der Waals surface area contributed by atoms with Gasteiger partial charge in [-0.1, -0.05) is 11.8 Å².